The number of carbonyl (C=O) groups excluding carboxylic acids is 1. The Balaban J connectivity index is 1.08. The lowest BCUT2D eigenvalue weighted by atomic mass is 10.1. The predicted molar refractivity (Wildman–Crippen MR) is 130 cm³/mol. The van der Waals surface area contributed by atoms with Gasteiger partial charge < -0.3 is 9.26 Å². The lowest BCUT2D eigenvalue weighted by Gasteiger charge is -2.29. The number of thiophene rings is 1. The Labute approximate surface area is 205 Å². The highest BCUT2D eigenvalue weighted by molar-refractivity contribution is 7.10. The summed E-state index contributed by atoms with van der Waals surface area (Å²) in [6.07, 6.45) is 2.32. The van der Waals surface area contributed by atoms with Gasteiger partial charge in [-0.3, -0.25) is 9.80 Å². The normalized spacial score (nSPS) is 19.3. The number of aromatic nitrogens is 2. The van der Waals surface area contributed by atoms with Crippen molar-refractivity contribution in [3.8, 4) is 17.1 Å². The Hall–Kier alpha value is -4.02. The van der Waals surface area contributed by atoms with Crippen LogP contribution in [0.5, 0.6) is 5.75 Å². The number of ether oxygens (including phenoxy) is 1. The zero-order valence-corrected chi connectivity index (χ0v) is 19.5. The fourth-order valence-corrected chi connectivity index (χ4v) is 4.92. The third-order valence-electron chi connectivity index (χ3n) is 5.96. The van der Waals surface area contributed by atoms with Crippen LogP contribution in [0, 0.1) is 0 Å². The maximum atomic E-state index is 13.0. The highest BCUT2D eigenvalue weighted by Gasteiger charge is 2.41. The minimum absolute atomic E-state index is 0.0984. The van der Waals surface area contributed by atoms with Gasteiger partial charge in [-0.05, 0) is 41.3 Å². The molecule has 0 radical (unpaired) electrons. The number of nitrogens with one attached hydrogen (secondary N) is 1. The molecular weight excluding hydrogens is 464 g/mol. The van der Waals surface area contributed by atoms with Crippen molar-refractivity contribution in [3.05, 3.63) is 88.4 Å². The first kappa shape index (κ1) is 21.5. The van der Waals surface area contributed by atoms with Gasteiger partial charge in [-0.2, -0.15) is 10.1 Å². The van der Waals surface area contributed by atoms with Gasteiger partial charge in [-0.15, -0.1) is 11.3 Å². The first-order valence-electron chi connectivity index (χ1n) is 11.3. The standard InChI is InChI=1S/C25H22N6O3S/c32-25-21-13-20(22-7-4-12-35-22)28-31(21)16-26-30(25)14-23-27-24(29-34-23)18-8-10-19(11-9-18)33-15-17-5-2-1-3-6-17/h1-12,16,20-21,28H,13-15H2. The van der Waals surface area contributed by atoms with Crippen molar-refractivity contribution < 1.29 is 14.1 Å². The summed E-state index contributed by atoms with van der Waals surface area (Å²) in [7, 11) is 0. The van der Waals surface area contributed by atoms with Crippen molar-refractivity contribution in [2.75, 3.05) is 0 Å². The first-order valence-corrected chi connectivity index (χ1v) is 12.1. The van der Waals surface area contributed by atoms with E-state index in [1.807, 2.05) is 66.0 Å². The molecular formula is C25H22N6O3S. The number of hydrogen-bond donors (Lipinski definition) is 1. The minimum Gasteiger partial charge on any atom is -0.489 e. The van der Waals surface area contributed by atoms with Crippen LogP contribution in [0.15, 0.2) is 81.7 Å². The lowest BCUT2D eigenvalue weighted by molar-refractivity contribution is -0.137. The number of hydrazone groups is 1. The molecule has 2 aromatic heterocycles. The van der Waals surface area contributed by atoms with Crippen LogP contribution in [0.4, 0.5) is 0 Å². The monoisotopic (exact) mass is 486 g/mol. The number of rotatable bonds is 7. The highest BCUT2D eigenvalue weighted by Crippen LogP contribution is 2.32. The van der Waals surface area contributed by atoms with E-state index < -0.39 is 0 Å². The summed E-state index contributed by atoms with van der Waals surface area (Å²) >= 11 is 1.67. The van der Waals surface area contributed by atoms with Gasteiger partial charge in [0.2, 0.25) is 11.7 Å². The molecule has 35 heavy (non-hydrogen) atoms. The summed E-state index contributed by atoms with van der Waals surface area (Å²) in [5, 5.41) is 13.6. The molecule has 0 spiro atoms. The second kappa shape index (κ2) is 9.32. The van der Waals surface area contributed by atoms with E-state index >= 15 is 0 Å². The fraction of sp³-hybridized carbons (Fsp3) is 0.200. The Morgan fingerprint density at radius 3 is 2.74 bits per heavy atom. The Morgan fingerprint density at radius 2 is 1.94 bits per heavy atom. The molecule has 1 N–H and O–H groups in total. The molecule has 2 aromatic carbocycles. The van der Waals surface area contributed by atoms with Crippen molar-refractivity contribution in [2.24, 2.45) is 5.10 Å². The quantitative estimate of drug-likeness (QED) is 0.422. The minimum atomic E-state index is -0.314. The van der Waals surface area contributed by atoms with Gasteiger partial charge >= 0.3 is 0 Å². The van der Waals surface area contributed by atoms with Crippen LogP contribution in [-0.2, 0) is 17.9 Å². The lowest BCUT2D eigenvalue weighted by Crippen LogP contribution is -2.50. The maximum absolute atomic E-state index is 13.0. The molecule has 0 aliphatic carbocycles. The van der Waals surface area contributed by atoms with Gasteiger partial charge in [0.1, 0.15) is 31.3 Å². The van der Waals surface area contributed by atoms with E-state index in [1.54, 1.807) is 22.7 Å². The smallest absolute Gasteiger partial charge is 0.267 e. The third-order valence-corrected chi connectivity index (χ3v) is 6.94. The number of nitrogens with zero attached hydrogens (tertiary/aromatic N) is 5. The Kier molecular flexibility index (Phi) is 5.73. The van der Waals surface area contributed by atoms with Gasteiger partial charge in [0, 0.05) is 16.9 Å². The molecule has 0 bridgehead atoms. The molecule has 4 aromatic rings. The number of amides is 1. The van der Waals surface area contributed by atoms with Crippen LogP contribution in [0.25, 0.3) is 11.4 Å². The average molecular weight is 487 g/mol. The molecule has 2 atom stereocenters. The van der Waals surface area contributed by atoms with E-state index in [0.29, 0.717) is 24.7 Å². The van der Waals surface area contributed by atoms with Gasteiger partial charge in [-0.25, -0.2) is 10.4 Å². The van der Waals surface area contributed by atoms with Crippen molar-refractivity contribution >= 4 is 23.6 Å². The molecule has 4 heterocycles. The van der Waals surface area contributed by atoms with Gasteiger partial charge in [0.15, 0.2) is 0 Å². The number of hydrogen-bond acceptors (Lipinski definition) is 9. The second-order valence-corrected chi connectivity index (χ2v) is 9.27. The fourth-order valence-electron chi connectivity index (χ4n) is 4.13. The van der Waals surface area contributed by atoms with E-state index in [4.69, 9.17) is 9.26 Å². The maximum Gasteiger partial charge on any atom is 0.267 e. The van der Waals surface area contributed by atoms with E-state index in [2.05, 4.69) is 26.7 Å². The van der Waals surface area contributed by atoms with Gasteiger partial charge in [-0.1, -0.05) is 41.6 Å². The van der Waals surface area contributed by atoms with Crippen molar-refractivity contribution in [2.45, 2.75) is 31.7 Å². The molecule has 2 aliphatic rings. The van der Waals surface area contributed by atoms with Crippen LogP contribution >= 0.6 is 11.3 Å². The summed E-state index contributed by atoms with van der Waals surface area (Å²) in [5.74, 6) is 1.43. The zero-order chi connectivity index (χ0) is 23.6. The topological polar surface area (TPSA) is 96.1 Å². The van der Waals surface area contributed by atoms with Crippen LogP contribution < -0.4 is 10.2 Å². The van der Waals surface area contributed by atoms with Crippen LogP contribution in [0.2, 0.25) is 0 Å². The molecule has 2 aliphatic heterocycles. The van der Waals surface area contributed by atoms with Crippen molar-refractivity contribution in [1.29, 1.82) is 0 Å². The molecule has 1 fully saturated rings. The molecule has 9 nitrogen and oxygen atoms in total. The summed E-state index contributed by atoms with van der Waals surface area (Å²) in [6.45, 7) is 0.619. The van der Waals surface area contributed by atoms with Gasteiger partial charge in [0.05, 0.1) is 6.04 Å². The van der Waals surface area contributed by atoms with Crippen molar-refractivity contribution in [1.82, 2.24) is 25.6 Å². The second-order valence-electron chi connectivity index (χ2n) is 8.29. The number of hydrazine groups is 1. The predicted octanol–water partition coefficient (Wildman–Crippen LogP) is 3.98. The van der Waals surface area contributed by atoms with Gasteiger partial charge in [0.25, 0.3) is 5.91 Å². The van der Waals surface area contributed by atoms with Crippen LogP contribution in [-0.4, -0.2) is 38.4 Å². The zero-order valence-electron chi connectivity index (χ0n) is 18.7. The summed E-state index contributed by atoms with van der Waals surface area (Å²) < 4.78 is 11.2. The van der Waals surface area contributed by atoms with E-state index in [-0.39, 0.29) is 24.5 Å². The largest absolute Gasteiger partial charge is 0.489 e. The molecule has 176 valence electrons. The number of benzene rings is 2. The Morgan fingerprint density at radius 1 is 1.09 bits per heavy atom. The molecule has 2 unspecified atom stereocenters. The first-order chi connectivity index (χ1) is 17.2. The number of carbonyl (C=O) groups is 1. The Bertz CT molecular complexity index is 1320. The highest BCUT2D eigenvalue weighted by atomic mass is 32.1. The van der Waals surface area contributed by atoms with Crippen LogP contribution in [0.3, 0.4) is 0 Å². The van der Waals surface area contributed by atoms with Crippen molar-refractivity contribution in [3.63, 3.8) is 0 Å². The molecule has 1 saturated heterocycles. The third kappa shape index (κ3) is 4.53. The molecule has 10 heteroatoms. The van der Waals surface area contributed by atoms with E-state index in [1.165, 1.54) is 9.89 Å². The number of fused-ring (bicyclic) bond motifs is 1. The molecule has 6 rings (SSSR count). The molecule has 0 saturated carbocycles. The van der Waals surface area contributed by atoms with E-state index in [9.17, 15) is 4.79 Å². The van der Waals surface area contributed by atoms with E-state index in [0.717, 1.165) is 16.9 Å². The summed E-state index contributed by atoms with van der Waals surface area (Å²) in [4.78, 5) is 18.7. The molecule has 1 amide bonds. The summed E-state index contributed by atoms with van der Waals surface area (Å²) in [5.41, 5.74) is 5.25. The SMILES string of the molecule is O=C1C2CC(c3cccs3)NN2C=NN1Cc1nc(-c2ccc(OCc3ccccc3)cc2)no1. The summed E-state index contributed by atoms with van der Waals surface area (Å²) in [6, 6.07) is 21.4. The van der Waals surface area contributed by atoms with Crippen LogP contribution in [0.1, 0.15) is 28.8 Å². The average Bonchev–Trinajstić information content (AvgIpc) is 3.66.